The number of carboxylic acid groups (broad SMARTS) is 1. The van der Waals surface area contributed by atoms with Crippen molar-refractivity contribution in [2.75, 3.05) is 21.3 Å². The van der Waals surface area contributed by atoms with Gasteiger partial charge in [0.2, 0.25) is 0 Å². The minimum absolute atomic E-state index is 0.123. The van der Waals surface area contributed by atoms with E-state index in [2.05, 4.69) is 169 Å². The molecule has 0 atom stereocenters. The van der Waals surface area contributed by atoms with Crippen LogP contribution in [0.3, 0.4) is 0 Å². The normalized spacial score (nSPS) is 13.5. The van der Waals surface area contributed by atoms with Crippen LogP contribution in [0.15, 0.2) is 121 Å². The lowest BCUT2D eigenvalue weighted by molar-refractivity contribution is 0.0693. The Balaban J connectivity index is 1.30. The molecule has 0 fully saturated rings. The van der Waals surface area contributed by atoms with Crippen LogP contribution < -0.4 is 18.9 Å². The van der Waals surface area contributed by atoms with Gasteiger partial charge in [-0.25, -0.2) is 14.8 Å². The number of rotatable bonds is 8. The molecule has 10 nitrogen and oxygen atoms in total. The summed E-state index contributed by atoms with van der Waals surface area (Å²) in [5.74, 6) is 2.10. The van der Waals surface area contributed by atoms with Crippen LogP contribution in [-0.4, -0.2) is 52.3 Å². The summed E-state index contributed by atoms with van der Waals surface area (Å²) in [6.07, 6.45) is 8.29. The third kappa shape index (κ3) is 8.54. The first-order valence-electron chi connectivity index (χ1n) is 25.2. The van der Waals surface area contributed by atoms with E-state index in [4.69, 9.17) is 28.9 Å². The quantitative estimate of drug-likeness (QED) is 0.137. The first-order chi connectivity index (χ1) is 35.8. The van der Waals surface area contributed by atoms with Crippen molar-refractivity contribution in [3.63, 3.8) is 0 Å². The zero-order valence-corrected chi connectivity index (χ0v) is 44.2. The number of fused-ring (bicyclic) bond motifs is 10. The fraction of sp³-hybridized carbons (Fsp3) is 0.215. The van der Waals surface area contributed by atoms with Gasteiger partial charge in [-0.3, -0.25) is 0 Å². The van der Waals surface area contributed by atoms with Crippen LogP contribution in [-0.2, 0) is 16.2 Å². The van der Waals surface area contributed by atoms with Gasteiger partial charge in [-0.05, 0) is 136 Å². The molecule has 3 aliphatic heterocycles. The summed E-state index contributed by atoms with van der Waals surface area (Å²) in [7, 11) is 5.00. The summed E-state index contributed by atoms with van der Waals surface area (Å²) in [6.45, 7) is 17.3. The number of carboxylic acids is 1. The number of methoxy groups -OCH3 is 3. The van der Waals surface area contributed by atoms with Crippen LogP contribution in [0.4, 0.5) is 0 Å². The molecule has 0 saturated heterocycles. The molecular formula is C65H60N4O6. The Morgan fingerprint density at radius 1 is 0.493 bits per heavy atom. The number of nitrogens with one attached hydrogen (secondary N) is 2. The van der Waals surface area contributed by atoms with Gasteiger partial charge in [-0.1, -0.05) is 104 Å². The maximum absolute atomic E-state index is 13.4. The van der Waals surface area contributed by atoms with E-state index in [1.807, 2.05) is 36.4 Å². The number of aromatic nitrogens is 4. The average molecular weight is 993 g/mol. The van der Waals surface area contributed by atoms with Gasteiger partial charge < -0.3 is 34.0 Å². The first-order valence-corrected chi connectivity index (χ1v) is 25.2. The van der Waals surface area contributed by atoms with Gasteiger partial charge in [-0.2, -0.15) is 0 Å². The summed E-state index contributed by atoms with van der Waals surface area (Å²) in [5.41, 5.74) is 16.0. The Hall–Kier alpha value is -8.63. The van der Waals surface area contributed by atoms with Crippen molar-refractivity contribution in [2.24, 2.45) is 0 Å². The highest BCUT2D eigenvalue weighted by Gasteiger charge is 2.41. The van der Waals surface area contributed by atoms with E-state index in [1.165, 1.54) is 0 Å². The largest absolute Gasteiger partial charge is 0.497 e. The zero-order valence-electron chi connectivity index (χ0n) is 44.2. The van der Waals surface area contributed by atoms with Crippen LogP contribution >= 0.6 is 0 Å². The minimum Gasteiger partial charge on any atom is -0.497 e. The number of aromatic amines is 2. The van der Waals surface area contributed by atoms with E-state index in [-0.39, 0.29) is 16.4 Å². The van der Waals surface area contributed by atoms with Crippen LogP contribution in [0.25, 0.3) is 90.9 Å². The predicted molar refractivity (Wildman–Crippen MR) is 303 cm³/mol. The summed E-state index contributed by atoms with van der Waals surface area (Å²) >= 11 is 0. The lowest BCUT2D eigenvalue weighted by atomic mass is 9.70. The fourth-order valence-corrected chi connectivity index (χ4v) is 10.5. The highest BCUT2D eigenvalue weighted by Crippen LogP contribution is 2.55. The summed E-state index contributed by atoms with van der Waals surface area (Å²) in [4.78, 5) is 32.2. The average Bonchev–Trinajstić information content (AvgIpc) is 4.25. The second kappa shape index (κ2) is 18.1. The third-order valence-corrected chi connectivity index (χ3v) is 14.9. The summed E-state index contributed by atoms with van der Waals surface area (Å²) in [6, 6.07) is 40.9. The van der Waals surface area contributed by atoms with Crippen molar-refractivity contribution >= 4 is 52.3 Å². The van der Waals surface area contributed by atoms with Gasteiger partial charge in [0.1, 0.15) is 34.3 Å². The van der Waals surface area contributed by atoms with Crippen LogP contribution in [0, 0.1) is 0 Å². The van der Waals surface area contributed by atoms with Gasteiger partial charge >= 0.3 is 5.97 Å². The third-order valence-electron chi connectivity index (χ3n) is 14.9. The van der Waals surface area contributed by atoms with Gasteiger partial charge in [0.05, 0.1) is 44.1 Å². The molecular weight excluding hydrogens is 933 g/mol. The number of aromatic carboxylic acids is 1. The molecule has 0 radical (unpaired) electrons. The molecule has 6 heterocycles. The van der Waals surface area contributed by atoms with Crippen molar-refractivity contribution < 1.29 is 28.8 Å². The van der Waals surface area contributed by atoms with Crippen molar-refractivity contribution in [2.45, 2.75) is 71.6 Å². The monoisotopic (exact) mass is 992 g/mol. The molecule has 8 bridgehead atoms. The molecule has 3 aromatic heterocycles. The van der Waals surface area contributed by atoms with Gasteiger partial charge in [0, 0.05) is 66.4 Å². The molecule has 376 valence electrons. The number of benzene rings is 5. The minimum atomic E-state index is -1.05. The van der Waals surface area contributed by atoms with Crippen LogP contribution in [0.1, 0.15) is 111 Å². The molecule has 0 spiro atoms. The van der Waals surface area contributed by atoms with Gasteiger partial charge in [-0.15, -0.1) is 0 Å². The molecule has 11 rings (SSSR count). The first kappa shape index (κ1) is 48.6. The molecule has 0 unspecified atom stereocenters. The molecule has 0 amide bonds. The van der Waals surface area contributed by atoms with E-state index in [1.54, 1.807) is 27.4 Å². The number of hydrogen-bond acceptors (Lipinski definition) is 7. The maximum Gasteiger partial charge on any atom is 0.339 e. The molecule has 0 saturated carbocycles. The second-order valence-electron chi connectivity index (χ2n) is 22.0. The van der Waals surface area contributed by atoms with E-state index in [0.29, 0.717) is 17.2 Å². The van der Waals surface area contributed by atoms with E-state index < -0.39 is 11.4 Å². The fourth-order valence-electron chi connectivity index (χ4n) is 10.5. The van der Waals surface area contributed by atoms with Crippen molar-refractivity contribution in [3.8, 4) is 73.3 Å². The molecule has 10 heteroatoms. The molecule has 3 aliphatic rings. The topological polar surface area (TPSA) is 132 Å². The van der Waals surface area contributed by atoms with Crippen LogP contribution in [0.2, 0.25) is 0 Å². The Labute approximate surface area is 437 Å². The lowest BCUT2D eigenvalue weighted by Crippen LogP contribution is -2.28. The van der Waals surface area contributed by atoms with Gasteiger partial charge in [0.15, 0.2) is 0 Å². The predicted octanol–water partition coefficient (Wildman–Crippen LogP) is 16.1. The highest BCUT2D eigenvalue weighted by atomic mass is 16.5. The second-order valence-corrected chi connectivity index (χ2v) is 22.0. The Kier molecular flexibility index (Phi) is 11.7. The van der Waals surface area contributed by atoms with Crippen molar-refractivity contribution in [1.82, 2.24) is 19.9 Å². The Morgan fingerprint density at radius 2 is 0.840 bits per heavy atom. The standard InChI is InChI=1S/C65H60N4O6/c1-63(2,3)39-32-44(60-46(34-39)65(7,8)47-35-40(64(4,5)6)33-45(62(70)71)61(47)75-60)59-54-30-28-52(68-54)57(37-14-20-42(73-10)21-15-37)50-26-24-48(66-50)56(36-12-18-41(72-9)19-13-36)49-25-27-51(67-49)58(53-29-31-55(59)69-53)38-16-22-43(74-11)23-17-38/h12-35,66,69H,1-11H3,(H,70,71). The van der Waals surface area contributed by atoms with E-state index >= 15 is 0 Å². The summed E-state index contributed by atoms with van der Waals surface area (Å²) < 4.78 is 24.0. The number of H-pyrrole nitrogens is 2. The number of hydrogen-bond donors (Lipinski definition) is 3. The highest BCUT2D eigenvalue weighted by molar-refractivity contribution is 6.01. The molecule has 5 aromatic carbocycles. The van der Waals surface area contributed by atoms with Crippen LogP contribution in [0.5, 0.6) is 28.7 Å². The molecule has 8 aromatic rings. The Morgan fingerprint density at radius 3 is 1.20 bits per heavy atom. The number of ether oxygens (including phenoxy) is 4. The number of nitrogens with zero attached hydrogens (tertiary/aromatic N) is 2. The van der Waals surface area contributed by atoms with Crippen molar-refractivity contribution in [3.05, 3.63) is 172 Å². The zero-order chi connectivity index (χ0) is 52.7. The summed E-state index contributed by atoms with van der Waals surface area (Å²) in [5, 5.41) is 10.9. The van der Waals surface area contributed by atoms with Gasteiger partial charge in [0.25, 0.3) is 0 Å². The van der Waals surface area contributed by atoms with E-state index in [9.17, 15) is 9.90 Å². The maximum atomic E-state index is 13.4. The SMILES string of the molecule is COc1ccc(-c2c3nc(c(-c4ccc(OC)cc4)c4ccc([nH]4)c(-c4cc(C(C)(C)C)cc5c4Oc4c(C(=O)O)cc(C(C)(C)C)cc4C5(C)C)c4nc(c(-c5ccc(OC)cc5)c5ccc2[nH]5)C=C4)C=C3)cc1. The smallest absolute Gasteiger partial charge is 0.339 e. The molecule has 75 heavy (non-hydrogen) atoms. The lowest BCUT2D eigenvalue weighted by Gasteiger charge is -2.38. The molecule has 3 N–H and O–H groups in total. The Bertz CT molecular complexity index is 3810. The molecule has 0 aliphatic carbocycles. The van der Waals surface area contributed by atoms with Crippen molar-refractivity contribution in [1.29, 1.82) is 0 Å². The van der Waals surface area contributed by atoms with E-state index in [0.717, 1.165) is 123 Å². The number of carbonyl (C=O) groups is 1.